The minimum absolute atomic E-state index is 0.180. The highest BCUT2D eigenvalue weighted by molar-refractivity contribution is 7.11. The van der Waals surface area contributed by atoms with E-state index in [1.54, 1.807) is 11.3 Å². The maximum Gasteiger partial charge on any atom is 0.162 e. The Morgan fingerprint density at radius 2 is 2.00 bits per heavy atom. The Morgan fingerprint density at radius 1 is 1.26 bits per heavy atom. The van der Waals surface area contributed by atoms with E-state index in [0.717, 1.165) is 29.2 Å². The zero-order chi connectivity index (χ0) is 13.7. The predicted octanol–water partition coefficient (Wildman–Crippen LogP) is 3.91. The monoisotopic (exact) mass is 274 g/mol. The lowest BCUT2D eigenvalue weighted by atomic mass is 10.1. The molecule has 0 fully saturated rings. The number of hydrogen-bond acceptors (Lipinski definition) is 4. The van der Waals surface area contributed by atoms with E-state index >= 15 is 0 Å². The third-order valence-electron chi connectivity index (χ3n) is 2.92. The predicted molar refractivity (Wildman–Crippen MR) is 79.9 cm³/mol. The van der Waals surface area contributed by atoms with Crippen molar-refractivity contribution in [1.82, 2.24) is 4.98 Å². The van der Waals surface area contributed by atoms with Crippen molar-refractivity contribution in [2.45, 2.75) is 33.2 Å². The Hall–Kier alpha value is -1.68. The number of carbonyl (C=O) groups is 1. The van der Waals surface area contributed by atoms with Crippen molar-refractivity contribution < 1.29 is 4.79 Å². The van der Waals surface area contributed by atoms with Gasteiger partial charge in [0, 0.05) is 28.7 Å². The molecule has 2 aromatic rings. The van der Waals surface area contributed by atoms with Crippen LogP contribution in [0.4, 0.5) is 5.69 Å². The van der Waals surface area contributed by atoms with Crippen LogP contribution in [0.15, 0.2) is 30.5 Å². The molecule has 100 valence electrons. The fourth-order valence-electron chi connectivity index (χ4n) is 1.75. The van der Waals surface area contributed by atoms with Crippen LogP contribution in [0.5, 0.6) is 0 Å². The molecule has 0 unspecified atom stereocenters. The molecule has 1 N–H and O–H groups in total. The number of aryl methyl sites for hydroxylation is 1. The SMILES string of the molecule is CCC(=O)c1ccc(NCc2ncc(CC)s2)cc1. The van der Waals surface area contributed by atoms with Crippen molar-refractivity contribution in [3.63, 3.8) is 0 Å². The first-order chi connectivity index (χ1) is 9.22. The highest BCUT2D eigenvalue weighted by Gasteiger charge is 2.03. The van der Waals surface area contributed by atoms with Crippen LogP contribution in [0, 0.1) is 0 Å². The van der Waals surface area contributed by atoms with Gasteiger partial charge in [-0.25, -0.2) is 4.98 Å². The van der Waals surface area contributed by atoms with Gasteiger partial charge in [0.15, 0.2) is 5.78 Å². The second kappa shape index (κ2) is 6.48. The Balaban J connectivity index is 1.94. The Bertz CT molecular complexity index is 546. The van der Waals surface area contributed by atoms with Gasteiger partial charge in [0.05, 0.1) is 6.54 Å². The molecule has 0 spiro atoms. The molecule has 0 aliphatic carbocycles. The van der Waals surface area contributed by atoms with Gasteiger partial charge in [-0.15, -0.1) is 11.3 Å². The molecular formula is C15H18N2OS. The first kappa shape index (κ1) is 13.7. The number of Topliss-reactive ketones (excluding diaryl/α,β-unsaturated/α-hetero) is 1. The van der Waals surface area contributed by atoms with Gasteiger partial charge >= 0.3 is 0 Å². The van der Waals surface area contributed by atoms with Gasteiger partial charge in [-0.3, -0.25) is 4.79 Å². The zero-order valence-corrected chi connectivity index (χ0v) is 12.1. The molecule has 0 aliphatic rings. The van der Waals surface area contributed by atoms with Gasteiger partial charge in [0.2, 0.25) is 0 Å². The van der Waals surface area contributed by atoms with E-state index in [4.69, 9.17) is 0 Å². The molecule has 1 aromatic heterocycles. The number of nitrogens with zero attached hydrogens (tertiary/aromatic N) is 1. The minimum Gasteiger partial charge on any atom is -0.379 e. The fraction of sp³-hybridized carbons (Fsp3) is 0.333. The van der Waals surface area contributed by atoms with Gasteiger partial charge in [0.25, 0.3) is 0 Å². The van der Waals surface area contributed by atoms with Crippen molar-refractivity contribution >= 4 is 22.8 Å². The number of benzene rings is 1. The standard InChI is InChI=1S/C15H18N2OS/c1-3-13-9-17-15(19-13)10-16-12-7-5-11(6-8-12)14(18)4-2/h5-9,16H,3-4,10H2,1-2H3. The van der Waals surface area contributed by atoms with Crippen LogP contribution in [0.25, 0.3) is 0 Å². The molecule has 0 radical (unpaired) electrons. The molecule has 0 amide bonds. The number of thiazole rings is 1. The highest BCUT2D eigenvalue weighted by Crippen LogP contribution is 2.16. The number of nitrogens with one attached hydrogen (secondary N) is 1. The molecule has 0 bridgehead atoms. The van der Waals surface area contributed by atoms with E-state index in [0.29, 0.717) is 6.42 Å². The summed E-state index contributed by atoms with van der Waals surface area (Å²) in [5.74, 6) is 0.180. The summed E-state index contributed by atoms with van der Waals surface area (Å²) in [4.78, 5) is 17.2. The number of anilines is 1. The van der Waals surface area contributed by atoms with Crippen LogP contribution in [-0.4, -0.2) is 10.8 Å². The van der Waals surface area contributed by atoms with E-state index in [2.05, 4.69) is 17.2 Å². The van der Waals surface area contributed by atoms with Gasteiger partial charge in [-0.2, -0.15) is 0 Å². The maximum atomic E-state index is 11.5. The summed E-state index contributed by atoms with van der Waals surface area (Å²) in [5, 5.41) is 4.41. The summed E-state index contributed by atoms with van der Waals surface area (Å²) >= 11 is 1.74. The number of rotatable bonds is 6. The summed E-state index contributed by atoms with van der Waals surface area (Å²) in [7, 11) is 0. The molecular weight excluding hydrogens is 256 g/mol. The third kappa shape index (κ3) is 3.64. The lowest BCUT2D eigenvalue weighted by molar-refractivity contribution is 0.0988. The summed E-state index contributed by atoms with van der Waals surface area (Å²) in [6, 6.07) is 7.62. The van der Waals surface area contributed by atoms with Gasteiger partial charge < -0.3 is 5.32 Å². The van der Waals surface area contributed by atoms with Crippen molar-refractivity contribution in [2.24, 2.45) is 0 Å². The molecule has 0 saturated heterocycles. The van der Waals surface area contributed by atoms with E-state index in [1.165, 1.54) is 4.88 Å². The number of ketones is 1. The van der Waals surface area contributed by atoms with E-state index in [-0.39, 0.29) is 5.78 Å². The van der Waals surface area contributed by atoms with E-state index < -0.39 is 0 Å². The highest BCUT2D eigenvalue weighted by atomic mass is 32.1. The Morgan fingerprint density at radius 3 is 2.58 bits per heavy atom. The maximum absolute atomic E-state index is 11.5. The van der Waals surface area contributed by atoms with E-state index in [9.17, 15) is 4.79 Å². The first-order valence-electron chi connectivity index (χ1n) is 6.53. The molecule has 0 saturated carbocycles. The smallest absolute Gasteiger partial charge is 0.162 e. The molecule has 1 aromatic carbocycles. The number of aromatic nitrogens is 1. The normalized spacial score (nSPS) is 10.4. The molecule has 19 heavy (non-hydrogen) atoms. The third-order valence-corrected chi connectivity index (χ3v) is 4.06. The van der Waals surface area contributed by atoms with Crippen LogP contribution in [0.3, 0.4) is 0 Å². The topological polar surface area (TPSA) is 42.0 Å². The Labute approximate surface area is 117 Å². The molecule has 0 atom stereocenters. The lowest BCUT2D eigenvalue weighted by Gasteiger charge is -2.05. The van der Waals surface area contributed by atoms with Crippen molar-refractivity contribution in [1.29, 1.82) is 0 Å². The summed E-state index contributed by atoms with van der Waals surface area (Å²) in [6.07, 6.45) is 3.52. The Kier molecular flexibility index (Phi) is 4.68. The number of carbonyl (C=O) groups excluding carboxylic acids is 1. The van der Waals surface area contributed by atoms with Gasteiger partial charge in [-0.1, -0.05) is 13.8 Å². The van der Waals surface area contributed by atoms with Crippen molar-refractivity contribution in [3.8, 4) is 0 Å². The molecule has 1 heterocycles. The quantitative estimate of drug-likeness (QED) is 0.812. The van der Waals surface area contributed by atoms with Gasteiger partial charge in [-0.05, 0) is 30.7 Å². The second-order valence-corrected chi connectivity index (χ2v) is 5.48. The van der Waals surface area contributed by atoms with Crippen LogP contribution >= 0.6 is 11.3 Å². The summed E-state index contributed by atoms with van der Waals surface area (Å²) < 4.78 is 0. The summed E-state index contributed by atoms with van der Waals surface area (Å²) in [5.41, 5.74) is 1.79. The summed E-state index contributed by atoms with van der Waals surface area (Å²) in [6.45, 7) is 4.74. The van der Waals surface area contributed by atoms with Crippen LogP contribution in [0.2, 0.25) is 0 Å². The van der Waals surface area contributed by atoms with Crippen molar-refractivity contribution in [3.05, 3.63) is 45.9 Å². The average molecular weight is 274 g/mol. The van der Waals surface area contributed by atoms with Gasteiger partial charge in [0.1, 0.15) is 5.01 Å². The first-order valence-corrected chi connectivity index (χ1v) is 7.35. The zero-order valence-electron chi connectivity index (χ0n) is 11.3. The van der Waals surface area contributed by atoms with Crippen molar-refractivity contribution in [2.75, 3.05) is 5.32 Å². The fourth-order valence-corrected chi connectivity index (χ4v) is 2.55. The second-order valence-electron chi connectivity index (χ2n) is 4.28. The molecule has 3 nitrogen and oxygen atoms in total. The molecule has 4 heteroatoms. The molecule has 0 aliphatic heterocycles. The van der Waals surface area contributed by atoms with Crippen LogP contribution in [0.1, 0.15) is 40.5 Å². The molecule has 2 rings (SSSR count). The largest absolute Gasteiger partial charge is 0.379 e. The van der Waals surface area contributed by atoms with E-state index in [1.807, 2.05) is 37.4 Å². The average Bonchev–Trinajstić information content (AvgIpc) is 2.93. The number of hydrogen-bond donors (Lipinski definition) is 1. The minimum atomic E-state index is 0.180. The van der Waals surface area contributed by atoms with Crippen LogP contribution in [-0.2, 0) is 13.0 Å². The lowest BCUT2D eigenvalue weighted by Crippen LogP contribution is -2.00. The van der Waals surface area contributed by atoms with Crippen LogP contribution < -0.4 is 5.32 Å².